The maximum Gasteiger partial charge on any atom is 0.309 e. The van der Waals surface area contributed by atoms with Gasteiger partial charge in [0.25, 0.3) is 0 Å². The van der Waals surface area contributed by atoms with Crippen molar-refractivity contribution in [1.29, 1.82) is 0 Å². The summed E-state index contributed by atoms with van der Waals surface area (Å²) in [6, 6.07) is 7.22. The maximum absolute atomic E-state index is 14.6. The maximum atomic E-state index is 14.6. The number of nitrogens with zero attached hydrogens (tertiary/aromatic N) is 8. The van der Waals surface area contributed by atoms with Crippen LogP contribution in [-0.4, -0.2) is 163 Å². The number of aromatic nitrogens is 3. The Kier molecular flexibility index (Phi) is 20.1. The first-order valence-corrected chi connectivity index (χ1v) is 25.4. The molecule has 390 valence electrons. The van der Waals surface area contributed by atoms with Gasteiger partial charge in [0, 0.05) is 80.8 Å². The number of likely N-dealkylation sites (N-methyl/N-ethyl adjacent to an activating group) is 2. The van der Waals surface area contributed by atoms with Gasteiger partial charge in [0.15, 0.2) is 6.29 Å². The lowest BCUT2D eigenvalue weighted by atomic mass is 9.68. The second kappa shape index (κ2) is 24.4. The van der Waals surface area contributed by atoms with E-state index in [1.54, 1.807) is 27.9 Å². The molecule has 0 amide bonds. The number of cyclic esters (lactones) is 1. The van der Waals surface area contributed by atoms with Crippen LogP contribution in [0.5, 0.6) is 0 Å². The zero-order valence-electron chi connectivity index (χ0n) is 43.8. The predicted octanol–water partition coefficient (Wildman–Crippen LogP) is 6.37. The van der Waals surface area contributed by atoms with Crippen LogP contribution in [0, 0.1) is 23.7 Å². The number of aliphatic hydroxyl groups excluding tert-OH is 2. The highest BCUT2D eigenvalue weighted by Crippen LogP contribution is 2.45. The van der Waals surface area contributed by atoms with Gasteiger partial charge >= 0.3 is 5.97 Å². The second-order valence-electron chi connectivity index (χ2n) is 21.7. The van der Waals surface area contributed by atoms with Crippen molar-refractivity contribution in [2.75, 3.05) is 34.3 Å². The van der Waals surface area contributed by atoms with Crippen LogP contribution in [0.4, 0.5) is 5.69 Å². The van der Waals surface area contributed by atoms with Crippen molar-refractivity contribution in [2.24, 2.45) is 28.8 Å². The summed E-state index contributed by atoms with van der Waals surface area (Å²) in [4.78, 5) is 21.7. The first-order valence-electron chi connectivity index (χ1n) is 25.4. The second-order valence-corrected chi connectivity index (χ2v) is 21.7. The third kappa shape index (κ3) is 14.2. The lowest BCUT2D eigenvalue weighted by Crippen LogP contribution is -2.61. The predicted molar refractivity (Wildman–Crippen MR) is 262 cm³/mol. The van der Waals surface area contributed by atoms with Crippen molar-refractivity contribution >= 4 is 11.7 Å². The van der Waals surface area contributed by atoms with E-state index in [0.29, 0.717) is 31.5 Å². The van der Waals surface area contributed by atoms with Crippen LogP contribution in [0.15, 0.2) is 35.6 Å². The largest absolute Gasteiger partial charge is 0.459 e. The van der Waals surface area contributed by atoms with E-state index in [-0.39, 0.29) is 30.9 Å². The molecule has 3 fully saturated rings. The van der Waals surface area contributed by atoms with Gasteiger partial charge in [-0.25, -0.2) is 0 Å². The molecule has 69 heavy (non-hydrogen) atoms. The van der Waals surface area contributed by atoms with E-state index in [2.05, 4.69) is 39.2 Å². The molecular formula is C51H86N8O10. The molecule has 0 radical (unpaired) electrons. The Morgan fingerprint density at radius 1 is 0.986 bits per heavy atom. The summed E-state index contributed by atoms with van der Waals surface area (Å²) < 4.78 is 34.4. The van der Waals surface area contributed by atoms with Gasteiger partial charge in [-0.2, -0.15) is 0 Å². The lowest BCUT2D eigenvalue weighted by molar-refractivity contribution is -0.275. The molecule has 1 aromatic carbocycles. The molecule has 0 aliphatic carbocycles. The summed E-state index contributed by atoms with van der Waals surface area (Å²) in [5.41, 5.74) is 7.13. The first-order chi connectivity index (χ1) is 32.4. The fraction of sp³-hybridized carbons (Fsp3) is 0.824. The summed E-state index contributed by atoms with van der Waals surface area (Å²) in [5, 5.41) is 60.3. The molecule has 1 unspecified atom stereocenters. The van der Waals surface area contributed by atoms with Crippen molar-refractivity contribution in [1.82, 2.24) is 24.8 Å². The number of aryl methyl sites for hydroxylation is 2. The average Bonchev–Trinajstić information content (AvgIpc) is 3.76. The van der Waals surface area contributed by atoms with Gasteiger partial charge in [-0.1, -0.05) is 62.3 Å². The molecule has 5 rings (SSSR count). The van der Waals surface area contributed by atoms with Gasteiger partial charge in [-0.3, -0.25) is 9.48 Å². The Morgan fingerprint density at radius 2 is 1.68 bits per heavy atom. The van der Waals surface area contributed by atoms with Crippen LogP contribution in [0.25, 0.3) is 10.4 Å². The summed E-state index contributed by atoms with van der Waals surface area (Å²) in [7, 11) is 5.55. The Labute approximate surface area is 411 Å². The molecule has 3 aliphatic rings. The highest BCUT2D eigenvalue weighted by Gasteiger charge is 2.54. The minimum Gasteiger partial charge on any atom is -0.459 e. The molecule has 0 spiro atoms. The molecule has 3 aliphatic heterocycles. The van der Waals surface area contributed by atoms with Crippen LogP contribution in [0.1, 0.15) is 125 Å². The Bertz CT molecular complexity index is 1970. The van der Waals surface area contributed by atoms with Crippen LogP contribution < -0.4 is 0 Å². The lowest BCUT2D eigenvalue weighted by Gasteiger charge is -2.51. The molecule has 17 atom stereocenters. The summed E-state index contributed by atoms with van der Waals surface area (Å²) in [6.45, 7) is 20.5. The van der Waals surface area contributed by atoms with Crippen molar-refractivity contribution < 1.29 is 48.9 Å². The number of rotatable bonds is 15. The molecule has 2 aromatic rings. The number of aliphatic hydroxyl groups is 4. The van der Waals surface area contributed by atoms with Crippen molar-refractivity contribution in [3.63, 3.8) is 0 Å². The van der Waals surface area contributed by atoms with Crippen molar-refractivity contribution in [2.45, 2.75) is 211 Å². The SMILES string of the molecule is CC[C@H]1OC(=O)[C@H](C)[C@@H](C2C[C@@](C)(OC)[C@@H](O)[C@H](C)O2)[C@H](C)[C@@H](O[C@H]2C[C@@H](N(C)CCc3cn(CCCCc4ccc(N=[N+]=[N-])cc4)nn3)C[C@@H](C)O2)[C@](C)(O)C[C@@H](C)CN(C)[C@H](C)[C@@H](O)[C@]1(C)O. The van der Waals surface area contributed by atoms with E-state index in [1.807, 2.05) is 81.7 Å². The topological polar surface area (TPSA) is 230 Å². The third-order valence-electron chi connectivity index (χ3n) is 15.9. The monoisotopic (exact) mass is 971 g/mol. The molecule has 3 saturated heterocycles. The number of methoxy groups -OCH3 is 1. The van der Waals surface area contributed by atoms with Crippen LogP contribution in [0.2, 0.25) is 0 Å². The van der Waals surface area contributed by atoms with E-state index in [0.717, 1.165) is 44.5 Å². The normalized spacial score (nSPS) is 39.0. The number of carbonyl (C=O) groups excluding carboxylic acids is 1. The summed E-state index contributed by atoms with van der Waals surface area (Å²) in [5.74, 6) is -2.71. The van der Waals surface area contributed by atoms with Crippen molar-refractivity contribution in [3.8, 4) is 0 Å². The Hall–Kier alpha value is -3.26. The number of azide groups is 1. The fourth-order valence-electron chi connectivity index (χ4n) is 11.6. The van der Waals surface area contributed by atoms with E-state index in [4.69, 9.17) is 29.2 Å². The highest BCUT2D eigenvalue weighted by atomic mass is 16.7. The third-order valence-corrected chi connectivity index (χ3v) is 15.9. The molecule has 18 nitrogen and oxygen atoms in total. The molecule has 4 N–H and O–H groups in total. The van der Waals surface area contributed by atoms with E-state index >= 15 is 0 Å². The van der Waals surface area contributed by atoms with Crippen LogP contribution in [0.3, 0.4) is 0 Å². The fourth-order valence-corrected chi connectivity index (χ4v) is 11.6. The van der Waals surface area contributed by atoms with Gasteiger partial charge in [0.05, 0.1) is 47.2 Å². The molecular weight excluding hydrogens is 885 g/mol. The Balaban J connectivity index is 1.36. The molecule has 1 aromatic heterocycles. The number of esters is 1. The van der Waals surface area contributed by atoms with Gasteiger partial charge < -0.3 is 53.9 Å². The minimum atomic E-state index is -1.78. The van der Waals surface area contributed by atoms with Crippen molar-refractivity contribution in [3.05, 3.63) is 52.2 Å². The number of ether oxygens (including phenoxy) is 5. The van der Waals surface area contributed by atoms with Gasteiger partial charge in [-0.05, 0) is 117 Å². The first kappa shape index (κ1) is 56.7. The van der Waals surface area contributed by atoms with Gasteiger partial charge in [0.2, 0.25) is 0 Å². The smallest absolute Gasteiger partial charge is 0.309 e. The molecule has 0 saturated carbocycles. The van der Waals surface area contributed by atoms with Crippen LogP contribution in [-0.2, 0) is 47.9 Å². The van der Waals surface area contributed by atoms with Crippen LogP contribution >= 0.6 is 0 Å². The summed E-state index contributed by atoms with van der Waals surface area (Å²) in [6.07, 6.45) is 1.48. The number of hydrogen-bond donors (Lipinski definition) is 4. The standard InChI is InChI=1S/C51H86N8O10/c1-14-42-51(10,64)45(60)35(6)58(12)29-31(2)27-49(8,63)47(33(4)44(34(5)48(62)68-42)41-28-50(9,65-13)46(61)36(7)67-41)69-43-26-40(25-32(3)66-43)57(11)24-22-39-30-59(56-54-39)23-16-15-17-37-18-20-38(21-19-37)53-55-52/h18-21,30-36,40-47,60-61,63-64H,14-17,22-29H2,1-13H3/t31-,32-,33+,34-,35-,36+,40+,41?,42-,43+,44+,45-,46+,47-,49-,50-,51-/m1/s1. The Morgan fingerprint density at radius 3 is 2.33 bits per heavy atom. The number of benzene rings is 1. The van der Waals surface area contributed by atoms with Gasteiger partial charge in [-0.15, -0.1) is 5.10 Å². The molecule has 4 heterocycles. The quantitative estimate of drug-likeness (QED) is 0.0500. The number of hydrogen-bond acceptors (Lipinski definition) is 15. The molecule has 0 bridgehead atoms. The number of unbranched alkanes of at least 4 members (excludes halogenated alkanes) is 1. The average molecular weight is 971 g/mol. The zero-order chi connectivity index (χ0) is 51.0. The zero-order valence-corrected chi connectivity index (χ0v) is 43.8. The number of carbonyl (C=O) groups is 1. The van der Waals surface area contributed by atoms with E-state index in [9.17, 15) is 25.2 Å². The minimum absolute atomic E-state index is 0.0902. The highest BCUT2D eigenvalue weighted by molar-refractivity contribution is 5.73. The van der Waals surface area contributed by atoms with E-state index < -0.39 is 89.5 Å². The van der Waals surface area contributed by atoms with E-state index in [1.165, 1.54) is 12.5 Å². The molecule has 18 heteroatoms. The summed E-state index contributed by atoms with van der Waals surface area (Å²) >= 11 is 0. The van der Waals surface area contributed by atoms with Gasteiger partial charge in [0.1, 0.15) is 23.9 Å².